The Morgan fingerprint density at radius 1 is 1.09 bits per heavy atom. The lowest BCUT2D eigenvalue weighted by molar-refractivity contribution is -0.126. The van der Waals surface area contributed by atoms with Crippen molar-refractivity contribution in [3.05, 3.63) is 0 Å². The van der Waals surface area contributed by atoms with Crippen molar-refractivity contribution in [2.24, 2.45) is 23.7 Å². The SMILES string of the molecule is CC(C)C[C@H](NC(=O)OC1CCC(C(C)C)CC1)C(=O)N[C@@H](C[C@@H]1CCNC1=O)[C@@H](O)S(=O)(=O)O. The van der Waals surface area contributed by atoms with Gasteiger partial charge in [-0.2, -0.15) is 8.42 Å². The molecule has 0 aromatic carbocycles. The lowest BCUT2D eigenvalue weighted by atomic mass is 9.80. The molecule has 1 heterocycles. The van der Waals surface area contributed by atoms with Gasteiger partial charge in [0.05, 0.1) is 6.04 Å². The molecule has 12 heteroatoms. The van der Waals surface area contributed by atoms with Crippen molar-refractivity contribution in [3.8, 4) is 0 Å². The summed E-state index contributed by atoms with van der Waals surface area (Å²) in [5.41, 5.74) is -2.32. The lowest BCUT2D eigenvalue weighted by Gasteiger charge is -2.31. The molecule has 1 aliphatic heterocycles. The number of rotatable bonds is 11. The zero-order valence-electron chi connectivity index (χ0n) is 21.0. The van der Waals surface area contributed by atoms with Gasteiger partial charge in [0.2, 0.25) is 17.3 Å². The maximum Gasteiger partial charge on any atom is 0.408 e. The van der Waals surface area contributed by atoms with Gasteiger partial charge in [0, 0.05) is 12.5 Å². The molecule has 2 rings (SSSR count). The predicted octanol–water partition coefficient (Wildman–Crippen LogP) is 1.56. The Kier molecular flexibility index (Phi) is 10.8. The van der Waals surface area contributed by atoms with E-state index >= 15 is 0 Å². The van der Waals surface area contributed by atoms with Crippen LogP contribution in [0.1, 0.15) is 72.6 Å². The fourth-order valence-electron chi connectivity index (χ4n) is 4.82. The van der Waals surface area contributed by atoms with Gasteiger partial charge in [0.25, 0.3) is 10.1 Å². The maximum absolute atomic E-state index is 13.1. The average molecular weight is 520 g/mol. The highest BCUT2D eigenvalue weighted by Crippen LogP contribution is 2.31. The number of ether oxygens (including phenoxy) is 1. The summed E-state index contributed by atoms with van der Waals surface area (Å²) >= 11 is 0. The van der Waals surface area contributed by atoms with E-state index in [4.69, 9.17) is 4.74 Å². The topological polar surface area (TPSA) is 171 Å². The fourth-order valence-corrected chi connectivity index (χ4v) is 5.41. The molecular formula is C23H41N3O8S. The molecule has 3 amide bonds. The van der Waals surface area contributed by atoms with Gasteiger partial charge in [-0.3, -0.25) is 14.1 Å². The Labute approximate surface area is 207 Å². The monoisotopic (exact) mass is 519 g/mol. The van der Waals surface area contributed by atoms with Crippen LogP contribution in [-0.2, 0) is 24.4 Å². The number of aliphatic hydroxyl groups excluding tert-OH is 1. The van der Waals surface area contributed by atoms with Crippen LogP contribution in [-0.4, -0.2) is 66.2 Å². The number of amides is 3. The van der Waals surface area contributed by atoms with Crippen LogP contribution in [0.4, 0.5) is 4.79 Å². The summed E-state index contributed by atoms with van der Waals surface area (Å²) < 4.78 is 38.1. The molecule has 0 spiro atoms. The summed E-state index contributed by atoms with van der Waals surface area (Å²) in [7, 11) is -4.91. The highest BCUT2D eigenvalue weighted by atomic mass is 32.2. The average Bonchev–Trinajstić information content (AvgIpc) is 3.15. The molecule has 11 nitrogen and oxygen atoms in total. The molecular weight excluding hydrogens is 478 g/mol. The molecule has 0 aromatic rings. The van der Waals surface area contributed by atoms with E-state index in [0.717, 1.165) is 25.7 Å². The standard InChI is InChI=1S/C23H41N3O8S/c1-13(2)11-18(26-23(30)34-17-7-5-15(6-8-17)14(3)4)21(28)25-19(22(29)35(31,32)33)12-16-9-10-24-20(16)27/h13-19,22,29H,5-12H2,1-4H3,(H,24,27)(H,25,28)(H,26,30)(H,31,32,33)/t15?,16-,17?,18-,19-,22-/m0/s1. The van der Waals surface area contributed by atoms with E-state index in [9.17, 15) is 32.5 Å². The maximum atomic E-state index is 13.1. The number of nitrogens with one attached hydrogen (secondary N) is 3. The van der Waals surface area contributed by atoms with Gasteiger partial charge in [-0.05, 0) is 62.7 Å². The first-order valence-electron chi connectivity index (χ1n) is 12.5. The quantitative estimate of drug-likeness (QED) is 0.256. The van der Waals surface area contributed by atoms with Crippen LogP contribution < -0.4 is 16.0 Å². The van der Waals surface area contributed by atoms with E-state index < -0.39 is 45.6 Å². The highest BCUT2D eigenvalue weighted by Gasteiger charge is 2.38. The molecule has 2 fully saturated rings. The van der Waals surface area contributed by atoms with Crippen molar-refractivity contribution in [2.75, 3.05) is 6.54 Å². The predicted molar refractivity (Wildman–Crippen MR) is 129 cm³/mol. The molecule has 0 radical (unpaired) electrons. The van der Waals surface area contributed by atoms with Crippen LogP contribution in [0.15, 0.2) is 0 Å². The minimum Gasteiger partial charge on any atom is -0.446 e. The summed E-state index contributed by atoms with van der Waals surface area (Å²) in [6, 6.07) is -2.49. The van der Waals surface area contributed by atoms with E-state index in [-0.39, 0.29) is 30.8 Å². The number of hydrogen-bond acceptors (Lipinski definition) is 7. The van der Waals surface area contributed by atoms with E-state index in [1.807, 2.05) is 13.8 Å². The Balaban J connectivity index is 2.04. The van der Waals surface area contributed by atoms with Crippen LogP contribution in [0, 0.1) is 23.7 Å². The Bertz CT molecular complexity index is 840. The van der Waals surface area contributed by atoms with Gasteiger partial charge in [-0.1, -0.05) is 27.7 Å². The van der Waals surface area contributed by atoms with E-state index in [0.29, 0.717) is 24.8 Å². The first-order valence-corrected chi connectivity index (χ1v) is 14.0. The summed E-state index contributed by atoms with van der Waals surface area (Å²) in [6.45, 7) is 8.47. The number of alkyl carbamates (subject to hydrolysis) is 1. The second kappa shape index (κ2) is 12.9. The number of carbonyl (C=O) groups is 3. The minimum absolute atomic E-state index is 0.00177. The van der Waals surface area contributed by atoms with Gasteiger partial charge in [0.15, 0.2) is 0 Å². The third-order valence-electron chi connectivity index (χ3n) is 6.93. The van der Waals surface area contributed by atoms with Crippen LogP contribution in [0.25, 0.3) is 0 Å². The summed E-state index contributed by atoms with van der Waals surface area (Å²) in [5, 5.41) is 17.8. The molecule has 1 saturated carbocycles. The van der Waals surface area contributed by atoms with Gasteiger partial charge >= 0.3 is 6.09 Å². The van der Waals surface area contributed by atoms with Gasteiger partial charge in [-0.25, -0.2) is 4.79 Å². The molecule has 1 saturated heterocycles. The molecule has 0 unspecified atom stereocenters. The third-order valence-corrected chi connectivity index (χ3v) is 7.87. The Morgan fingerprint density at radius 3 is 2.20 bits per heavy atom. The van der Waals surface area contributed by atoms with Crippen molar-refractivity contribution >= 4 is 28.0 Å². The van der Waals surface area contributed by atoms with Crippen molar-refractivity contribution in [3.63, 3.8) is 0 Å². The van der Waals surface area contributed by atoms with Gasteiger partial charge in [-0.15, -0.1) is 0 Å². The first-order chi connectivity index (χ1) is 16.3. The molecule has 5 N–H and O–H groups in total. The van der Waals surface area contributed by atoms with Crippen molar-refractivity contribution < 1.29 is 37.2 Å². The van der Waals surface area contributed by atoms with Crippen LogP contribution >= 0.6 is 0 Å². The molecule has 0 aromatic heterocycles. The zero-order chi connectivity index (χ0) is 26.3. The number of hydrogen-bond donors (Lipinski definition) is 5. The summed E-state index contributed by atoms with van der Waals surface area (Å²) in [5.74, 6) is -0.502. The minimum atomic E-state index is -4.91. The largest absolute Gasteiger partial charge is 0.446 e. The smallest absolute Gasteiger partial charge is 0.408 e. The van der Waals surface area contributed by atoms with Crippen LogP contribution in [0.3, 0.4) is 0 Å². The molecule has 1 aliphatic carbocycles. The number of carbonyl (C=O) groups excluding carboxylic acids is 3. The van der Waals surface area contributed by atoms with Gasteiger partial charge in [0.1, 0.15) is 12.1 Å². The molecule has 0 bridgehead atoms. The normalized spacial score (nSPS) is 25.6. The zero-order valence-corrected chi connectivity index (χ0v) is 21.8. The molecule has 202 valence electrons. The van der Waals surface area contributed by atoms with Crippen LogP contribution in [0.2, 0.25) is 0 Å². The van der Waals surface area contributed by atoms with E-state index in [1.165, 1.54) is 0 Å². The van der Waals surface area contributed by atoms with E-state index in [2.05, 4.69) is 29.8 Å². The Hall–Kier alpha value is -1.92. The van der Waals surface area contributed by atoms with Gasteiger partial charge < -0.3 is 25.8 Å². The van der Waals surface area contributed by atoms with E-state index in [1.54, 1.807) is 0 Å². The summed E-state index contributed by atoms with van der Waals surface area (Å²) in [6.07, 6.45) is 2.93. The van der Waals surface area contributed by atoms with Crippen molar-refractivity contribution in [1.82, 2.24) is 16.0 Å². The molecule has 4 atom stereocenters. The molecule has 35 heavy (non-hydrogen) atoms. The first kappa shape index (κ1) is 29.3. The second-order valence-corrected chi connectivity index (χ2v) is 12.1. The highest BCUT2D eigenvalue weighted by molar-refractivity contribution is 7.86. The van der Waals surface area contributed by atoms with Crippen LogP contribution in [0.5, 0.6) is 0 Å². The third kappa shape index (κ3) is 9.23. The fraction of sp³-hybridized carbons (Fsp3) is 0.870. The number of aliphatic hydroxyl groups is 1. The lowest BCUT2D eigenvalue weighted by Crippen LogP contribution is -2.55. The molecule has 2 aliphatic rings. The van der Waals surface area contributed by atoms with Crippen molar-refractivity contribution in [1.29, 1.82) is 0 Å². The van der Waals surface area contributed by atoms with Crippen molar-refractivity contribution in [2.45, 2.75) is 96.3 Å². The summed E-state index contributed by atoms with van der Waals surface area (Å²) in [4.78, 5) is 37.6. The Morgan fingerprint density at radius 2 is 1.71 bits per heavy atom. The second-order valence-electron chi connectivity index (χ2n) is 10.5.